The Morgan fingerprint density at radius 2 is 0.950 bits per heavy atom. The van der Waals surface area contributed by atoms with Crippen LogP contribution in [0.3, 0.4) is 0 Å². The lowest BCUT2D eigenvalue weighted by molar-refractivity contribution is -0.144. The largest absolute Gasteiger partial charge is 0.468 e. The molecule has 6 atom stereocenters. The Kier molecular flexibility index (Phi) is 17.2. The minimum absolute atomic E-state index is 0.0492. The summed E-state index contributed by atoms with van der Waals surface area (Å²) in [5, 5.41) is 12.5. The number of fused-ring (bicyclic) bond motifs is 14. The molecule has 8 aromatic rings. The molecule has 32 heteroatoms. The molecule has 4 unspecified atom stereocenters. The van der Waals surface area contributed by atoms with E-state index in [4.69, 9.17) is 37.0 Å². The highest BCUT2D eigenvalue weighted by atomic mass is 32.1. The van der Waals surface area contributed by atoms with Gasteiger partial charge in [0, 0.05) is 69.6 Å². The van der Waals surface area contributed by atoms with Crippen molar-refractivity contribution in [2.45, 2.75) is 75.0 Å². The standard InChI is InChI=1S/2C34H31F2N4O8PS/c2*1-3-47-49(44,37-34(12-13-34)33(43)45-2)48-30-24(41)10-14-39-29(30)32(42)38-15-16-46-18-25(38)40(39)28-19-6-4-5-7-20(19)31-22(11-17-50-31)26-21(28)8-9-23(35)27(26)36/h2*4-11,14,17,25,28H,3,12-13,15-16,18H2,1-2H3,(H,37,44)/t25-,28-,49?;/m1./s1. The van der Waals surface area contributed by atoms with Gasteiger partial charge in [0.2, 0.25) is 22.4 Å². The SMILES string of the molecule is CCOP(=O)(NC1(C(=O)OC)CC1)Oc1c2n(ccc1=O)N(C1c3ccccc3-c3sccc3-c3c1ccc(F)c3F)C1COCCN1C2=O.CCOP(=O)(NC1(C(=O)OC)CC1)Oc1c2n(ccc1=O)N([C@@H]1c3ccccc3-c3sccc3-c3c1ccc(F)c3F)[C@@H]1COCCN1C2=O. The number of methoxy groups -OCH3 is 2. The van der Waals surface area contributed by atoms with Crippen LogP contribution in [0.15, 0.2) is 130 Å². The molecule has 2 saturated carbocycles. The monoisotopic (exact) mass is 1450 g/mol. The number of amides is 2. The Balaban J connectivity index is 0.000000162. The normalized spacial score (nSPS) is 21.1. The lowest BCUT2D eigenvalue weighted by Gasteiger charge is -2.51. The van der Waals surface area contributed by atoms with Gasteiger partial charge in [-0.3, -0.25) is 57.2 Å². The molecule has 2 N–H and O–H groups in total. The molecule has 0 spiro atoms. The topological polar surface area (TPSA) is 257 Å². The minimum Gasteiger partial charge on any atom is -0.468 e. The number of nitrogens with zero attached hydrogens (tertiary/aromatic N) is 6. The summed E-state index contributed by atoms with van der Waals surface area (Å²) in [7, 11) is -6.56. The lowest BCUT2D eigenvalue weighted by atomic mass is 9.92. The fourth-order valence-corrected chi connectivity index (χ4v) is 19.6. The highest BCUT2D eigenvalue weighted by molar-refractivity contribution is 7.52. The van der Waals surface area contributed by atoms with E-state index in [0.717, 1.165) is 56.3 Å². The zero-order valence-electron chi connectivity index (χ0n) is 53.8. The Morgan fingerprint density at radius 3 is 1.33 bits per heavy atom. The first kappa shape index (κ1) is 67.0. The van der Waals surface area contributed by atoms with Gasteiger partial charge in [0.25, 0.3) is 11.8 Å². The second-order valence-electron chi connectivity index (χ2n) is 24.6. The molecule has 16 rings (SSSR count). The van der Waals surface area contributed by atoms with Crippen LogP contribution in [-0.4, -0.2) is 133 Å². The Bertz CT molecular complexity index is 4640. The summed E-state index contributed by atoms with van der Waals surface area (Å²) < 4.78 is 138. The zero-order valence-corrected chi connectivity index (χ0v) is 57.2. The number of aromatic nitrogens is 2. The first-order valence-corrected chi connectivity index (χ1v) is 36.9. The lowest BCUT2D eigenvalue weighted by Crippen LogP contribution is -2.66. The van der Waals surface area contributed by atoms with Crippen LogP contribution >= 0.6 is 38.2 Å². The van der Waals surface area contributed by atoms with Crippen molar-refractivity contribution in [1.29, 1.82) is 0 Å². The van der Waals surface area contributed by atoms with E-state index in [2.05, 4.69) is 10.2 Å². The number of esters is 2. The van der Waals surface area contributed by atoms with E-state index in [1.54, 1.807) is 36.0 Å². The molecule has 4 aliphatic heterocycles. The fraction of sp³-hybridized carbons (Fsp3) is 0.324. The third-order valence-electron chi connectivity index (χ3n) is 18.9. The van der Waals surface area contributed by atoms with E-state index >= 15 is 17.6 Å². The average molecular weight is 1450 g/mol. The molecule has 4 aromatic heterocycles. The van der Waals surface area contributed by atoms with E-state index in [-0.39, 0.29) is 101 Å². The maximum Gasteiger partial charge on any atom is 0.459 e. The van der Waals surface area contributed by atoms with E-state index < -0.39 is 120 Å². The quantitative estimate of drug-likeness (QED) is 0.0518. The van der Waals surface area contributed by atoms with Crippen LogP contribution in [0.4, 0.5) is 17.6 Å². The van der Waals surface area contributed by atoms with Gasteiger partial charge in [0.1, 0.15) is 23.4 Å². The van der Waals surface area contributed by atoms with Crippen LogP contribution < -0.4 is 40.1 Å². The van der Waals surface area contributed by atoms with Crippen molar-refractivity contribution in [2.75, 3.05) is 77.0 Å². The van der Waals surface area contributed by atoms with Crippen molar-refractivity contribution in [2.24, 2.45) is 0 Å². The van der Waals surface area contributed by atoms with E-state index in [1.165, 1.54) is 80.6 Å². The zero-order chi connectivity index (χ0) is 69.9. The molecule has 24 nitrogen and oxygen atoms in total. The van der Waals surface area contributed by atoms with Gasteiger partial charge in [0.05, 0.1) is 65.9 Å². The van der Waals surface area contributed by atoms with E-state index in [1.807, 2.05) is 59.3 Å². The van der Waals surface area contributed by atoms with Crippen LogP contribution in [0.25, 0.3) is 43.1 Å². The summed E-state index contributed by atoms with van der Waals surface area (Å²) in [4.78, 5) is 85.8. The number of rotatable bonds is 16. The number of hydrogen-bond donors (Lipinski definition) is 2. The Hall–Kier alpha value is -8.80. The van der Waals surface area contributed by atoms with Gasteiger partial charge < -0.3 is 37.8 Å². The summed E-state index contributed by atoms with van der Waals surface area (Å²) in [6.45, 7) is 3.63. The molecule has 0 bridgehead atoms. The Labute approximate surface area is 575 Å². The summed E-state index contributed by atoms with van der Waals surface area (Å²) in [6, 6.07) is 24.3. The highest BCUT2D eigenvalue weighted by Crippen LogP contribution is 2.57. The maximum absolute atomic E-state index is 16.0. The Morgan fingerprint density at radius 1 is 0.550 bits per heavy atom. The van der Waals surface area contributed by atoms with Crippen molar-refractivity contribution in [3.8, 4) is 54.6 Å². The molecule has 8 heterocycles. The number of thiophene rings is 2. The molecule has 2 amide bonds. The smallest absolute Gasteiger partial charge is 0.459 e. The number of morpholine rings is 2. The van der Waals surface area contributed by atoms with Gasteiger partial charge in [-0.2, -0.15) is 10.2 Å². The molecule has 2 saturated heterocycles. The molecule has 100 heavy (non-hydrogen) atoms. The number of carbonyl (C=O) groups is 4. The van der Waals surface area contributed by atoms with Crippen molar-refractivity contribution in [3.05, 3.63) is 198 Å². The number of halogens is 4. The molecule has 4 aromatic carbocycles. The van der Waals surface area contributed by atoms with Crippen LogP contribution in [-0.2, 0) is 46.7 Å². The van der Waals surface area contributed by atoms with Crippen LogP contribution in [0.1, 0.15) is 94.8 Å². The second-order valence-corrected chi connectivity index (χ2v) is 29.8. The van der Waals surface area contributed by atoms with Crippen molar-refractivity contribution in [1.82, 2.24) is 29.3 Å². The summed E-state index contributed by atoms with van der Waals surface area (Å²) >= 11 is 2.79. The first-order valence-electron chi connectivity index (χ1n) is 32.0. The van der Waals surface area contributed by atoms with Crippen molar-refractivity contribution < 1.29 is 82.9 Å². The van der Waals surface area contributed by atoms with E-state index in [0.29, 0.717) is 22.3 Å². The van der Waals surface area contributed by atoms with Crippen LogP contribution in [0.5, 0.6) is 11.5 Å². The summed E-state index contributed by atoms with van der Waals surface area (Å²) in [5.74, 6) is -7.75. The average Bonchev–Trinajstić information content (AvgIpc) is 1.25. The summed E-state index contributed by atoms with van der Waals surface area (Å²) in [6.07, 6.45) is 2.39. The van der Waals surface area contributed by atoms with E-state index in [9.17, 15) is 37.9 Å². The second kappa shape index (κ2) is 25.7. The molecular weight excluding hydrogens is 1390 g/mol. The van der Waals surface area contributed by atoms with Gasteiger partial charge >= 0.3 is 27.4 Å². The van der Waals surface area contributed by atoms with Gasteiger partial charge in [-0.05, 0) is 108 Å². The van der Waals surface area contributed by atoms with Gasteiger partial charge in [-0.15, -0.1) is 22.7 Å². The van der Waals surface area contributed by atoms with Gasteiger partial charge in [-0.25, -0.2) is 26.7 Å². The molecule has 8 aliphatic rings. The number of pyridine rings is 2. The number of nitrogens with one attached hydrogen (secondary N) is 2. The van der Waals surface area contributed by atoms with Gasteiger partial charge in [0.15, 0.2) is 34.7 Å². The molecule has 4 fully saturated rings. The highest BCUT2D eigenvalue weighted by Gasteiger charge is 2.59. The number of carbonyl (C=O) groups excluding carboxylic acids is 4. The first-order chi connectivity index (χ1) is 48.2. The fourth-order valence-electron chi connectivity index (χ4n) is 14.2. The maximum atomic E-state index is 16.0. The number of hydrogen-bond acceptors (Lipinski definition) is 20. The van der Waals surface area contributed by atoms with Crippen molar-refractivity contribution in [3.63, 3.8) is 0 Å². The summed E-state index contributed by atoms with van der Waals surface area (Å²) in [5.41, 5.74) is 0.278. The predicted molar refractivity (Wildman–Crippen MR) is 357 cm³/mol. The van der Waals surface area contributed by atoms with Crippen molar-refractivity contribution >= 4 is 61.9 Å². The molecule has 4 aliphatic carbocycles. The van der Waals surface area contributed by atoms with Crippen LogP contribution in [0, 0.1) is 23.3 Å². The third-order valence-corrected chi connectivity index (χ3v) is 24.3. The number of benzene rings is 4. The van der Waals surface area contributed by atoms with Crippen LogP contribution in [0.2, 0.25) is 0 Å². The van der Waals surface area contributed by atoms with Gasteiger partial charge in [-0.1, -0.05) is 60.7 Å². The molecule has 520 valence electrons. The molecule has 0 radical (unpaired) electrons. The molecular formula is C68H62F4N8O16P2S2. The third kappa shape index (κ3) is 11.0. The minimum atomic E-state index is -4.48. The predicted octanol–water partition coefficient (Wildman–Crippen LogP) is 10.4. The number of ether oxygens (including phenoxy) is 4.